The van der Waals surface area contributed by atoms with Gasteiger partial charge in [0.15, 0.2) is 11.6 Å². The minimum atomic E-state index is -1.25. The first kappa shape index (κ1) is 14.0. The van der Waals surface area contributed by atoms with Gasteiger partial charge in [-0.3, -0.25) is 0 Å². The van der Waals surface area contributed by atoms with Crippen molar-refractivity contribution in [2.45, 2.75) is 6.92 Å². The molecule has 6 heteroatoms. The van der Waals surface area contributed by atoms with Crippen LogP contribution in [0.5, 0.6) is 5.75 Å². The van der Waals surface area contributed by atoms with Crippen molar-refractivity contribution in [2.75, 3.05) is 17.7 Å². The molecule has 0 atom stereocenters. The third-order valence-corrected chi connectivity index (χ3v) is 2.65. The summed E-state index contributed by atoms with van der Waals surface area (Å²) in [6.07, 6.45) is 0. The van der Waals surface area contributed by atoms with E-state index in [1.807, 2.05) is 0 Å². The van der Waals surface area contributed by atoms with Crippen LogP contribution in [0.2, 0.25) is 0 Å². The summed E-state index contributed by atoms with van der Waals surface area (Å²) in [4.78, 5) is 0. The van der Waals surface area contributed by atoms with Crippen LogP contribution in [0.1, 0.15) is 6.92 Å². The summed E-state index contributed by atoms with van der Waals surface area (Å²) < 4.78 is 44.8. The highest BCUT2D eigenvalue weighted by atomic mass is 19.2. The van der Waals surface area contributed by atoms with Gasteiger partial charge in [0.2, 0.25) is 0 Å². The molecule has 0 aliphatic carbocycles. The molecule has 3 nitrogen and oxygen atoms in total. The minimum Gasteiger partial charge on any atom is -0.492 e. The first-order valence-electron chi connectivity index (χ1n) is 5.95. The van der Waals surface area contributed by atoms with E-state index >= 15 is 0 Å². The molecule has 2 aromatic rings. The predicted molar refractivity (Wildman–Crippen MR) is 71.6 cm³/mol. The van der Waals surface area contributed by atoms with Gasteiger partial charge in [0, 0.05) is 12.1 Å². The lowest BCUT2D eigenvalue weighted by Crippen LogP contribution is -2.03. The Morgan fingerprint density at radius 2 is 1.75 bits per heavy atom. The molecule has 0 saturated carbocycles. The number of hydrogen-bond acceptors (Lipinski definition) is 3. The highest BCUT2D eigenvalue weighted by Crippen LogP contribution is 2.32. The topological polar surface area (TPSA) is 47.3 Å². The number of nitrogens with two attached hydrogens (primary N) is 1. The quantitative estimate of drug-likeness (QED) is 0.662. The molecule has 0 bridgehead atoms. The zero-order valence-electron chi connectivity index (χ0n) is 10.7. The van der Waals surface area contributed by atoms with Crippen molar-refractivity contribution in [3.05, 3.63) is 47.8 Å². The van der Waals surface area contributed by atoms with E-state index in [4.69, 9.17) is 10.5 Å². The number of nitrogen functional groups attached to an aromatic ring is 1. The summed E-state index contributed by atoms with van der Waals surface area (Å²) in [6.45, 7) is 2.22. The molecular formula is C14H13F3N2O. The Hall–Kier alpha value is -2.37. The molecule has 2 rings (SSSR count). The van der Waals surface area contributed by atoms with Gasteiger partial charge in [0.25, 0.3) is 0 Å². The van der Waals surface area contributed by atoms with Crippen LogP contribution in [-0.4, -0.2) is 6.61 Å². The number of rotatable bonds is 4. The van der Waals surface area contributed by atoms with Crippen LogP contribution < -0.4 is 15.8 Å². The van der Waals surface area contributed by atoms with Crippen molar-refractivity contribution < 1.29 is 17.9 Å². The molecule has 0 heterocycles. The molecule has 0 saturated heterocycles. The normalized spacial score (nSPS) is 10.4. The van der Waals surface area contributed by atoms with E-state index in [0.717, 1.165) is 6.07 Å². The van der Waals surface area contributed by atoms with Gasteiger partial charge in [-0.25, -0.2) is 13.2 Å². The Kier molecular flexibility index (Phi) is 4.02. The minimum absolute atomic E-state index is 0.204. The number of nitrogens with one attached hydrogen (secondary N) is 1. The van der Waals surface area contributed by atoms with E-state index in [9.17, 15) is 13.2 Å². The fourth-order valence-corrected chi connectivity index (χ4v) is 1.70. The standard InChI is InChI=1S/C14H13F3N2O/c1-2-20-13-5-3-4-11(14(13)18)19-12-7-9(16)8(15)6-10(12)17/h3-7,19H,2,18H2,1H3. The third-order valence-electron chi connectivity index (χ3n) is 2.65. The Labute approximate surface area is 114 Å². The van der Waals surface area contributed by atoms with Crippen molar-refractivity contribution in [3.63, 3.8) is 0 Å². The Morgan fingerprint density at radius 1 is 1.05 bits per heavy atom. The molecule has 0 aromatic heterocycles. The first-order chi connectivity index (χ1) is 9.52. The number of halogens is 3. The smallest absolute Gasteiger partial charge is 0.161 e. The maximum atomic E-state index is 13.6. The van der Waals surface area contributed by atoms with Crippen molar-refractivity contribution in [1.82, 2.24) is 0 Å². The average molecular weight is 282 g/mol. The molecular weight excluding hydrogens is 269 g/mol. The largest absolute Gasteiger partial charge is 0.492 e. The van der Waals surface area contributed by atoms with Crippen LogP contribution in [0.3, 0.4) is 0 Å². The number of hydrogen-bond donors (Lipinski definition) is 2. The molecule has 0 radical (unpaired) electrons. The maximum Gasteiger partial charge on any atom is 0.161 e. The Balaban J connectivity index is 2.35. The SMILES string of the molecule is CCOc1cccc(Nc2cc(F)c(F)cc2F)c1N. The van der Waals surface area contributed by atoms with Gasteiger partial charge < -0.3 is 15.8 Å². The number of benzene rings is 2. The summed E-state index contributed by atoms with van der Waals surface area (Å²) in [7, 11) is 0. The molecule has 0 aliphatic rings. The monoisotopic (exact) mass is 282 g/mol. The lowest BCUT2D eigenvalue weighted by atomic mass is 10.2. The molecule has 0 unspecified atom stereocenters. The van der Waals surface area contributed by atoms with Gasteiger partial charge in [0.05, 0.1) is 23.7 Å². The zero-order valence-corrected chi connectivity index (χ0v) is 10.7. The summed E-state index contributed by atoms with van der Waals surface area (Å²) in [5.41, 5.74) is 6.26. The molecule has 0 aliphatic heterocycles. The van der Waals surface area contributed by atoms with E-state index in [2.05, 4.69) is 5.32 Å². The van der Waals surface area contributed by atoms with Crippen LogP contribution in [0.4, 0.5) is 30.2 Å². The van der Waals surface area contributed by atoms with Crippen molar-refractivity contribution in [3.8, 4) is 5.75 Å². The van der Waals surface area contributed by atoms with Crippen molar-refractivity contribution in [1.29, 1.82) is 0 Å². The first-order valence-corrected chi connectivity index (χ1v) is 5.95. The fourth-order valence-electron chi connectivity index (χ4n) is 1.70. The number of ether oxygens (including phenoxy) is 1. The summed E-state index contributed by atoms with van der Waals surface area (Å²) in [6, 6.07) is 6.10. The van der Waals surface area contributed by atoms with E-state index in [1.54, 1.807) is 25.1 Å². The number of para-hydroxylation sites is 1. The van der Waals surface area contributed by atoms with Crippen LogP contribution in [0.25, 0.3) is 0 Å². The molecule has 0 spiro atoms. The van der Waals surface area contributed by atoms with Gasteiger partial charge in [-0.05, 0) is 19.1 Å². The highest BCUT2D eigenvalue weighted by molar-refractivity contribution is 5.77. The molecule has 2 aromatic carbocycles. The molecule has 20 heavy (non-hydrogen) atoms. The lowest BCUT2D eigenvalue weighted by Gasteiger charge is -2.13. The van der Waals surface area contributed by atoms with Gasteiger partial charge in [-0.15, -0.1) is 0 Å². The predicted octanol–water partition coefficient (Wildman–Crippen LogP) is 3.83. The highest BCUT2D eigenvalue weighted by Gasteiger charge is 2.12. The number of anilines is 3. The zero-order chi connectivity index (χ0) is 14.7. The Morgan fingerprint density at radius 3 is 2.45 bits per heavy atom. The fraction of sp³-hybridized carbons (Fsp3) is 0.143. The second kappa shape index (κ2) is 5.73. The van der Waals surface area contributed by atoms with Crippen LogP contribution in [-0.2, 0) is 0 Å². The van der Waals surface area contributed by atoms with Crippen LogP contribution in [0.15, 0.2) is 30.3 Å². The Bertz CT molecular complexity index is 632. The van der Waals surface area contributed by atoms with E-state index < -0.39 is 17.5 Å². The van der Waals surface area contributed by atoms with Gasteiger partial charge >= 0.3 is 0 Å². The maximum absolute atomic E-state index is 13.6. The van der Waals surface area contributed by atoms with E-state index in [0.29, 0.717) is 24.1 Å². The van der Waals surface area contributed by atoms with Gasteiger partial charge in [-0.2, -0.15) is 0 Å². The second-order valence-electron chi connectivity index (χ2n) is 4.02. The molecule has 0 fully saturated rings. The average Bonchev–Trinajstić information content (AvgIpc) is 2.40. The van der Waals surface area contributed by atoms with Crippen LogP contribution >= 0.6 is 0 Å². The van der Waals surface area contributed by atoms with Crippen molar-refractivity contribution >= 4 is 17.1 Å². The third kappa shape index (κ3) is 2.79. The summed E-state index contributed by atoms with van der Waals surface area (Å²) in [5, 5.41) is 2.62. The van der Waals surface area contributed by atoms with Crippen LogP contribution in [0, 0.1) is 17.5 Å². The van der Waals surface area contributed by atoms with Gasteiger partial charge in [0.1, 0.15) is 11.6 Å². The molecule has 0 amide bonds. The van der Waals surface area contributed by atoms with E-state index in [-0.39, 0.29) is 11.4 Å². The van der Waals surface area contributed by atoms with Gasteiger partial charge in [-0.1, -0.05) is 6.07 Å². The van der Waals surface area contributed by atoms with E-state index in [1.165, 1.54) is 0 Å². The summed E-state index contributed by atoms with van der Waals surface area (Å²) in [5.74, 6) is -2.87. The molecule has 106 valence electrons. The van der Waals surface area contributed by atoms with Crippen molar-refractivity contribution in [2.24, 2.45) is 0 Å². The lowest BCUT2D eigenvalue weighted by molar-refractivity contribution is 0.342. The second-order valence-corrected chi connectivity index (χ2v) is 4.02. The summed E-state index contributed by atoms with van der Waals surface area (Å²) >= 11 is 0. The molecule has 3 N–H and O–H groups in total.